The van der Waals surface area contributed by atoms with E-state index in [0.717, 1.165) is 28.6 Å². The van der Waals surface area contributed by atoms with Crippen molar-refractivity contribution < 1.29 is 9.53 Å². The van der Waals surface area contributed by atoms with Crippen molar-refractivity contribution >= 4 is 22.9 Å². The topological polar surface area (TPSA) is 51.2 Å². The second kappa shape index (κ2) is 7.75. The van der Waals surface area contributed by atoms with E-state index in [1.54, 1.807) is 18.4 Å². The van der Waals surface area contributed by atoms with Gasteiger partial charge in [-0.15, -0.1) is 11.3 Å². The number of nitrogens with one attached hydrogen (secondary N) is 1. The van der Waals surface area contributed by atoms with Crippen molar-refractivity contribution in [1.82, 2.24) is 4.98 Å². The van der Waals surface area contributed by atoms with Crippen LogP contribution in [0.3, 0.4) is 0 Å². The number of ether oxygens (including phenoxy) is 1. The second-order valence-electron chi connectivity index (χ2n) is 5.35. The molecule has 0 aliphatic heterocycles. The molecule has 0 bridgehead atoms. The molecule has 0 aliphatic carbocycles. The molecule has 0 aliphatic rings. The first-order valence-corrected chi connectivity index (χ1v) is 8.52. The first-order valence-electron chi connectivity index (χ1n) is 7.64. The summed E-state index contributed by atoms with van der Waals surface area (Å²) in [6.07, 6.45) is 1.07. The Labute approximate surface area is 145 Å². The average molecular weight is 338 g/mol. The first kappa shape index (κ1) is 16.2. The molecule has 1 amide bonds. The molecule has 4 nitrogen and oxygen atoms in total. The van der Waals surface area contributed by atoms with Crippen molar-refractivity contribution in [3.05, 3.63) is 76.2 Å². The number of thiazole rings is 1. The van der Waals surface area contributed by atoms with Gasteiger partial charge >= 0.3 is 0 Å². The Morgan fingerprint density at radius 3 is 2.58 bits per heavy atom. The van der Waals surface area contributed by atoms with Crippen LogP contribution in [0.15, 0.2) is 60.0 Å². The summed E-state index contributed by atoms with van der Waals surface area (Å²) in [5.74, 6) is 0.690. The Balaban J connectivity index is 1.56. The van der Waals surface area contributed by atoms with Crippen molar-refractivity contribution in [2.24, 2.45) is 0 Å². The summed E-state index contributed by atoms with van der Waals surface area (Å²) in [7, 11) is 1.61. The molecule has 1 heterocycles. The van der Waals surface area contributed by atoms with Gasteiger partial charge in [-0.3, -0.25) is 4.79 Å². The highest BCUT2D eigenvalue weighted by molar-refractivity contribution is 7.09. The average Bonchev–Trinajstić information content (AvgIpc) is 3.03. The third-order valence-corrected chi connectivity index (χ3v) is 4.41. The number of nitrogens with zero attached hydrogens (tertiary/aromatic N) is 1. The lowest BCUT2D eigenvalue weighted by atomic mass is 10.2. The molecule has 0 fully saturated rings. The van der Waals surface area contributed by atoms with Gasteiger partial charge in [0.25, 0.3) is 0 Å². The smallest absolute Gasteiger partial charge is 0.230 e. The predicted octanol–water partition coefficient (Wildman–Crippen LogP) is 3.92. The van der Waals surface area contributed by atoms with Crippen LogP contribution < -0.4 is 10.1 Å². The molecule has 3 aromatic rings. The van der Waals surface area contributed by atoms with Crippen LogP contribution in [0.25, 0.3) is 0 Å². The summed E-state index contributed by atoms with van der Waals surface area (Å²) in [6, 6.07) is 17.5. The third-order valence-electron chi connectivity index (χ3n) is 3.51. The third kappa shape index (κ3) is 4.43. The maximum Gasteiger partial charge on any atom is 0.230 e. The minimum atomic E-state index is -0.0725. The molecule has 5 heteroatoms. The quantitative estimate of drug-likeness (QED) is 0.741. The number of hydrogen-bond acceptors (Lipinski definition) is 4. The van der Waals surface area contributed by atoms with Crippen molar-refractivity contribution in [1.29, 1.82) is 0 Å². The lowest BCUT2D eigenvalue weighted by Gasteiger charge is -2.05. The number of carbonyl (C=O) groups excluding carboxylic acids is 1. The molecule has 0 radical (unpaired) electrons. The van der Waals surface area contributed by atoms with E-state index in [-0.39, 0.29) is 12.3 Å². The summed E-state index contributed by atoms with van der Waals surface area (Å²) in [4.78, 5) is 16.7. The van der Waals surface area contributed by atoms with Crippen LogP contribution in [0.4, 0.5) is 5.69 Å². The SMILES string of the molecule is COc1ccc(NC(=O)Cc2csc(Cc3ccccc3)n2)cc1. The van der Waals surface area contributed by atoms with Crippen LogP contribution in [0.1, 0.15) is 16.3 Å². The Hall–Kier alpha value is -2.66. The summed E-state index contributed by atoms with van der Waals surface area (Å²) in [5, 5.41) is 5.84. The number of aromatic nitrogens is 1. The van der Waals surface area contributed by atoms with Crippen molar-refractivity contribution in [2.45, 2.75) is 12.8 Å². The van der Waals surface area contributed by atoms with Gasteiger partial charge in [-0.2, -0.15) is 0 Å². The van der Waals surface area contributed by atoms with E-state index in [1.807, 2.05) is 47.8 Å². The fourth-order valence-corrected chi connectivity index (χ4v) is 3.15. The van der Waals surface area contributed by atoms with E-state index >= 15 is 0 Å². The van der Waals surface area contributed by atoms with Gasteiger partial charge in [-0.25, -0.2) is 4.98 Å². The Morgan fingerprint density at radius 2 is 1.88 bits per heavy atom. The molecular formula is C19H18N2O2S. The maximum absolute atomic E-state index is 12.1. The van der Waals surface area contributed by atoms with Crippen molar-refractivity contribution in [3.8, 4) is 5.75 Å². The van der Waals surface area contributed by atoms with Gasteiger partial charge in [0.15, 0.2) is 0 Å². The molecule has 2 aromatic carbocycles. The first-order chi connectivity index (χ1) is 11.7. The molecule has 0 spiro atoms. The van der Waals surface area contributed by atoms with Crippen LogP contribution in [0, 0.1) is 0 Å². The highest BCUT2D eigenvalue weighted by Crippen LogP contribution is 2.17. The fraction of sp³-hybridized carbons (Fsp3) is 0.158. The van der Waals surface area contributed by atoms with Crippen molar-refractivity contribution in [2.75, 3.05) is 12.4 Å². The second-order valence-corrected chi connectivity index (χ2v) is 6.29. The number of carbonyl (C=O) groups is 1. The minimum Gasteiger partial charge on any atom is -0.497 e. The van der Waals surface area contributed by atoms with Gasteiger partial charge in [-0.05, 0) is 29.8 Å². The van der Waals surface area contributed by atoms with Gasteiger partial charge in [0.2, 0.25) is 5.91 Å². The molecule has 0 unspecified atom stereocenters. The van der Waals surface area contributed by atoms with Crippen LogP contribution in [-0.4, -0.2) is 18.0 Å². The van der Waals surface area contributed by atoms with Gasteiger partial charge in [-0.1, -0.05) is 30.3 Å². The molecule has 24 heavy (non-hydrogen) atoms. The lowest BCUT2D eigenvalue weighted by molar-refractivity contribution is -0.115. The van der Waals surface area contributed by atoms with Gasteiger partial charge in [0.1, 0.15) is 5.75 Å². The van der Waals surface area contributed by atoms with E-state index < -0.39 is 0 Å². The van der Waals surface area contributed by atoms with Gasteiger partial charge in [0, 0.05) is 17.5 Å². The number of rotatable bonds is 6. The normalized spacial score (nSPS) is 10.4. The Morgan fingerprint density at radius 1 is 1.12 bits per heavy atom. The summed E-state index contributed by atoms with van der Waals surface area (Å²) >= 11 is 1.59. The molecule has 0 atom stereocenters. The van der Waals surface area contributed by atoms with Gasteiger partial charge in [0.05, 0.1) is 24.2 Å². The lowest BCUT2D eigenvalue weighted by Crippen LogP contribution is -2.14. The highest BCUT2D eigenvalue weighted by atomic mass is 32.1. The largest absolute Gasteiger partial charge is 0.497 e. The molecule has 0 saturated carbocycles. The minimum absolute atomic E-state index is 0.0725. The molecule has 3 rings (SSSR count). The highest BCUT2D eigenvalue weighted by Gasteiger charge is 2.09. The predicted molar refractivity (Wildman–Crippen MR) is 96.7 cm³/mol. The van der Waals surface area contributed by atoms with E-state index in [2.05, 4.69) is 22.4 Å². The van der Waals surface area contributed by atoms with E-state index in [9.17, 15) is 4.79 Å². The summed E-state index contributed by atoms with van der Waals surface area (Å²) in [5.41, 5.74) is 2.78. The number of anilines is 1. The standard InChI is InChI=1S/C19H18N2O2S/c1-23-17-9-7-15(8-10-17)20-18(22)12-16-13-24-19(21-16)11-14-5-3-2-4-6-14/h2-10,13H,11-12H2,1H3,(H,20,22). The van der Waals surface area contributed by atoms with E-state index in [1.165, 1.54) is 5.56 Å². The monoisotopic (exact) mass is 338 g/mol. The van der Waals surface area contributed by atoms with E-state index in [0.29, 0.717) is 0 Å². The van der Waals surface area contributed by atoms with Crippen molar-refractivity contribution in [3.63, 3.8) is 0 Å². The van der Waals surface area contributed by atoms with E-state index in [4.69, 9.17) is 4.74 Å². The Kier molecular flexibility index (Phi) is 5.23. The van der Waals surface area contributed by atoms with Crippen LogP contribution >= 0.6 is 11.3 Å². The zero-order valence-corrected chi connectivity index (χ0v) is 14.2. The zero-order chi connectivity index (χ0) is 16.8. The molecule has 0 saturated heterocycles. The molecule has 1 N–H and O–H groups in total. The molecule has 122 valence electrons. The van der Waals surface area contributed by atoms with Gasteiger partial charge < -0.3 is 10.1 Å². The van der Waals surface area contributed by atoms with Crippen LogP contribution in [0.2, 0.25) is 0 Å². The maximum atomic E-state index is 12.1. The number of benzene rings is 2. The molecular weight excluding hydrogens is 320 g/mol. The number of hydrogen-bond donors (Lipinski definition) is 1. The van der Waals surface area contributed by atoms with Crippen LogP contribution in [0.5, 0.6) is 5.75 Å². The summed E-state index contributed by atoms with van der Waals surface area (Å²) < 4.78 is 5.10. The summed E-state index contributed by atoms with van der Waals surface area (Å²) in [6.45, 7) is 0. The molecule has 1 aromatic heterocycles. The number of amides is 1. The fourth-order valence-electron chi connectivity index (χ4n) is 2.33. The Bertz CT molecular complexity index is 798. The number of methoxy groups -OCH3 is 1. The zero-order valence-electron chi connectivity index (χ0n) is 13.4. The van der Waals surface area contributed by atoms with Crippen LogP contribution in [-0.2, 0) is 17.6 Å².